The van der Waals surface area contributed by atoms with Gasteiger partial charge in [-0.1, -0.05) is 18.2 Å². The average molecular weight is 338 g/mol. The van der Waals surface area contributed by atoms with Crippen molar-refractivity contribution in [1.29, 1.82) is 0 Å². The van der Waals surface area contributed by atoms with Crippen LogP contribution in [0.25, 0.3) is 0 Å². The summed E-state index contributed by atoms with van der Waals surface area (Å²) in [6.45, 7) is 2.61. The van der Waals surface area contributed by atoms with E-state index in [1.54, 1.807) is 0 Å². The summed E-state index contributed by atoms with van der Waals surface area (Å²) in [4.78, 5) is 0. The summed E-state index contributed by atoms with van der Waals surface area (Å²) in [5.41, 5.74) is 8.30. The predicted molar refractivity (Wildman–Crippen MR) is 83.9 cm³/mol. The monoisotopic (exact) mass is 337 g/mol. The van der Waals surface area contributed by atoms with E-state index in [-0.39, 0.29) is 6.04 Å². The maximum Gasteiger partial charge on any atom is 0.119 e. The lowest BCUT2D eigenvalue weighted by Crippen LogP contribution is -2.26. The Morgan fingerprint density at radius 2 is 2.05 bits per heavy atom. The third-order valence-electron chi connectivity index (χ3n) is 3.22. The number of hydrogen-bond acceptors (Lipinski definition) is 3. The van der Waals surface area contributed by atoms with Crippen molar-refractivity contribution in [3.05, 3.63) is 46.2 Å². The average Bonchev–Trinajstić information content (AvgIpc) is 2.67. The molecule has 2 N–H and O–H groups in total. The van der Waals surface area contributed by atoms with Gasteiger partial charge in [0.05, 0.1) is 22.5 Å². The standard InChI is InChI=1S/C15H20BrN3O/c1-11-15(16)14(19(2)18-11)10-12(17)8-9-20-13-6-4-3-5-7-13/h3-7,12H,8-10,17H2,1-2H3. The molecule has 2 rings (SSSR count). The molecule has 0 aliphatic heterocycles. The number of nitrogens with two attached hydrogens (primary N) is 1. The largest absolute Gasteiger partial charge is 0.494 e. The summed E-state index contributed by atoms with van der Waals surface area (Å²) in [5, 5.41) is 4.37. The number of aryl methyl sites for hydroxylation is 2. The Morgan fingerprint density at radius 3 is 2.65 bits per heavy atom. The van der Waals surface area contributed by atoms with Crippen molar-refractivity contribution < 1.29 is 4.74 Å². The molecule has 108 valence electrons. The van der Waals surface area contributed by atoms with Crippen molar-refractivity contribution in [2.24, 2.45) is 12.8 Å². The molecule has 1 aromatic carbocycles. The molecule has 1 heterocycles. The number of ether oxygens (including phenoxy) is 1. The van der Waals surface area contributed by atoms with E-state index >= 15 is 0 Å². The highest BCUT2D eigenvalue weighted by atomic mass is 79.9. The van der Waals surface area contributed by atoms with Gasteiger partial charge in [0.2, 0.25) is 0 Å². The van der Waals surface area contributed by atoms with Crippen LogP contribution in [-0.2, 0) is 13.5 Å². The summed E-state index contributed by atoms with van der Waals surface area (Å²) in [6, 6.07) is 9.86. The van der Waals surface area contributed by atoms with Crippen molar-refractivity contribution >= 4 is 15.9 Å². The van der Waals surface area contributed by atoms with Gasteiger partial charge in [0, 0.05) is 19.5 Å². The van der Waals surface area contributed by atoms with Crippen LogP contribution in [0.4, 0.5) is 0 Å². The molecule has 0 amide bonds. The number of halogens is 1. The fourth-order valence-electron chi connectivity index (χ4n) is 2.10. The first-order valence-electron chi connectivity index (χ1n) is 6.69. The van der Waals surface area contributed by atoms with Crippen molar-refractivity contribution in [2.45, 2.75) is 25.8 Å². The second-order valence-electron chi connectivity index (χ2n) is 4.88. The van der Waals surface area contributed by atoms with E-state index < -0.39 is 0 Å². The van der Waals surface area contributed by atoms with Gasteiger partial charge in [-0.15, -0.1) is 0 Å². The van der Waals surface area contributed by atoms with Crippen LogP contribution in [0.5, 0.6) is 5.75 Å². The van der Waals surface area contributed by atoms with E-state index in [1.807, 2.05) is 49.0 Å². The Bertz CT molecular complexity index is 554. The number of hydrogen-bond donors (Lipinski definition) is 1. The first-order valence-corrected chi connectivity index (χ1v) is 7.48. The Morgan fingerprint density at radius 1 is 1.35 bits per heavy atom. The molecule has 1 aromatic heterocycles. The maximum atomic E-state index is 6.17. The van der Waals surface area contributed by atoms with Gasteiger partial charge in [-0.3, -0.25) is 4.68 Å². The minimum atomic E-state index is 0.0600. The van der Waals surface area contributed by atoms with Crippen LogP contribution in [0.1, 0.15) is 17.8 Å². The van der Waals surface area contributed by atoms with E-state index in [0.717, 1.165) is 34.5 Å². The number of aromatic nitrogens is 2. The minimum absolute atomic E-state index is 0.0600. The molecule has 20 heavy (non-hydrogen) atoms. The number of nitrogens with zero attached hydrogens (tertiary/aromatic N) is 2. The van der Waals surface area contributed by atoms with Crippen molar-refractivity contribution in [3.63, 3.8) is 0 Å². The van der Waals surface area contributed by atoms with E-state index in [4.69, 9.17) is 10.5 Å². The molecule has 5 heteroatoms. The summed E-state index contributed by atoms with van der Waals surface area (Å²) in [6.07, 6.45) is 1.60. The van der Waals surface area contributed by atoms with E-state index in [2.05, 4.69) is 21.0 Å². The van der Waals surface area contributed by atoms with Gasteiger partial charge in [0.15, 0.2) is 0 Å². The van der Waals surface area contributed by atoms with Crippen molar-refractivity contribution in [2.75, 3.05) is 6.61 Å². The van der Waals surface area contributed by atoms with E-state index in [0.29, 0.717) is 6.61 Å². The minimum Gasteiger partial charge on any atom is -0.494 e. The summed E-state index contributed by atoms with van der Waals surface area (Å²) < 4.78 is 8.61. The molecule has 0 fully saturated rings. The zero-order valence-corrected chi connectivity index (χ0v) is 13.4. The third kappa shape index (κ3) is 3.84. The topological polar surface area (TPSA) is 53.1 Å². The first-order chi connectivity index (χ1) is 9.58. The molecular formula is C15H20BrN3O. The van der Waals surface area contributed by atoms with Crippen LogP contribution in [0.15, 0.2) is 34.8 Å². The van der Waals surface area contributed by atoms with Crippen LogP contribution in [-0.4, -0.2) is 22.4 Å². The summed E-state index contributed by atoms with van der Waals surface area (Å²) >= 11 is 3.56. The fourth-order valence-corrected chi connectivity index (χ4v) is 2.59. The molecule has 4 nitrogen and oxygen atoms in total. The van der Waals surface area contributed by atoms with Gasteiger partial charge >= 0.3 is 0 Å². The Kier molecular flexibility index (Phi) is 5.20. The molecule has 0 aliphatic carbocycles. The smallest absolute Gasteiger partial charge is 0.119 e. The highest BCUT2D eigenvalue weighted by Gasteiger charge is 2.14. The molecule has 0 saturated carbocycles. The van der Waals surface area contributed by atoms with Gasteiger partial charge in [0.1, 0.15) is 5.75 Å². The maximum absolute atomic E-state index is 6.17. The quantitative estimate of drug-likeness (QED) is 0.881. The Labute approximate surface area is 128 Å². The second kappa shape index (κ2) is 6.90. The molecular weight excluding hydrogens is 318 g/mol. The summed E-state index contributed by atoms with van der Waals surface area (Å²) in [5.74, 6) is 0.886. The van der Waals surface area contributed by atoms with Crippen LogP contribution in [0.3, 0.4) is 0 Å². The second-order valence-corrected chi connectivity index (χ2v) is 5.68. The Balaban J connectivity index is 1.82. The van der Waals surface area contributed by atoms with Crippen molar-refractivity contribution in [1.82, 2.24) is 9.78 Å². The predicted octanol–water partition coefficient (Wildman–Crippen LogP) is 2.83. The van der Waals surface area contributed by atoms with Crippen LogP contribution in [0, 0.1) is 6.92 Å². The molecule has 0 aliphatic rings. The van der Waals surface area contributed by atoms with Gasteiger partial charge in [-0.05, 0) is 41.4 Å². The lowest BCUT2D eigenvalue weighted by atomic mass is 10.1. The highest BCUT2D eigenvalue weighted by molar-refractivity contribution is 9.10. The van der Waals surface area contributed by atoms with Gasteiger partial charge in [-0.25, -0.2) is 0 Å². The zero-order valence-electron chi connectivity index (χ0n) is 11.8. The zero-order chi connectivity index (χ0) is 14.5. The summed E-state index contributed by atoms with van der Waals surface area (Å²) in [7, 11) is 1.94. The van der Waals surface area contributed by atoms with E-state index in [1.165, 1.54) is 0 Å². The van der Waals surface area contributed by atoms with Crippen molar-refractivity contribution in [3.8, 4) is 5.75 Å². The van der Waals surface area contributed by atoms with Gasteiger partial charge < -0.3 is 10.5 Å². The lowest BCUT2D eigenvalue weighted by molar-refractivity contribution is 0.296. The van der Waals surface area contributed by atoms with Gasteiger partial charge in [0.25, 0.3) is 0 Å². The van der Waals surface area contributed by atoms with Crippen LogP contribution < -0.4 is 10.5 Å². The molecule has 0 spiro atoms. The fraction of sp³-hybridized carbons (Fsp3) is 0.400. The molecule has 0 saturated heterocycles. The number of rotatable bonds is 6. The Hall–Kier alpha value is -1.33. The lowest BCUT2D eigenvalue weighted by Gasteiger charge is -2.13. The molecule has 0 bridgehead atoms. The molecule has 1 atom stereocenters. The molecule has 1 unspecified atom stereocenters. The first kappa shape index (κ1) is 15.1. The number of para-hydroxylation sites is 1. The normalized spacial score (nSPS) is 12.4. The van der Waals surface area contributed by atoms with Crippen LogP contribution >= 0.6 is 15.9 Å². The molecule has 2 aromatic rings. The van der Waals surface area contributed by atoms with Gasteiger partial charge in [-0.2, -0.15) is 5.10 Å². The highest BCUT2D eigenvalue weighted by Crippen LogP contribution is 2.21. The van der Waals surface area contributed by atoms with Crippen LogP contribution in [0.2, 0.25) is 0 Å². The SMILES string of the molecule is Cc1nn(C)c(CC(N)CCOc2ccccc2)c1Br. The molecule has 0 radical (unpaired) electrons. The third-order valence-corrected chi connectivity index (χ3v) is 4.25. The number of benzene rings is 1. The van der Waals surface area contributed by atoms with E-state index in [9.17, 15) is 0 Å².